The highest BCUT2D eigenvalue weighted by Gasteiger charge is 2.18. The van der Waals surface area contributed by atoms with Crippen LogP contribution in [-0.2, 0) is 13.5 Å². The summed E-state index contributed by atoms with van der Waals surface area (Å²) in [7, 11) is 1.54. The highest BCUT2D eigenvalue weighted by atomic mass is 16.2. The summed E-state index contributed by atoms with van der Waals surface area (Å²) in [5.74, 6) is -0.424. The van der Waals surface area contributed by atoms with Crippen molar-refractivity contribution in [2.75, 3.05) is 0 Å². The van der Waals surface area contributed by atoms with Crippen LogP contribution in [0.5, 0.6) is 0 Å². The van der Waals surface area contributed by atoms with Crippen LogP contribution in [0.2, 0.25) is 0 Å². The maximum Gasteiger partial charge on any atom is 0.292 e. The van der Waals surface area contributed by atoms with Crippen molar-refractivity contribution in [1.82, 2.24) is 15.2 Å². The molecule has 4 rings (SSSR count). The molecule has 0 bridgehead atoms. The van der Waals surface area contributed by atoms with E-state index in [1.807, 2.05) is 18.2 Å². The van der Waals surface area contributed by atoms with Gasteiger partial charge in [-0.2, -0.15) is 10.2 Å². The van der Waals surface area contributed by atoms with E-state index in [2.05, 4.69) is 21.7 Å². The molecule has 0 spiro atoms. The Bertz CT molecular complexity index is 1100. The SMILES string of the molecule is Cn1nc(C(=O)N/N=C2/CCCc3ccccc32)c2ccccc2c1=O. The molecule has 1 aliphatic rings. The van der Waals surface area contributed by atoms with E-state index in [1.54, 1.807) is 24.3 Å². The van der Waals surface area contributed by atoms with Crippen LogP contribution in [0.15, 0.2) is 58.4 Å². The van der Waals surface area contributed by atoms with Crippen LogP contribution >= 0.6 is 0 Å². The molecule has 1 N–H and O–H groups in total. The van der Waals surface area contributed by atoms with Gasteiger partial charge in [-0.05, 0) is 30.9 Å². The van der Waals surface area contributed by atoms with Crippen LogP contribution in [-0.4, -0.2) is 21.4 Å². The first kappa shape index (κ1) is 16.2. The Balaban J connectivity index is 1.70. The van der Waals surface area contributed by atoms with Crippen molar-refractivity contribution in [2.45, 2.75) is 19.3 Å². The van der Waals surface area contributed by atoms with Crippen molar-refractivity contribution < 1.29 is 4.79 Å². The van der Waals surface area contributed by atoms with E-state index in [-0.39, 0.29) is 11.3 Å². The second kappa shape index (κ2) is 6.55. The van der Waals surface area contributed by atoms with Gasteiger partial charge in [0.25, 0.3) is 11.5 Å². The predicted octanol–water partition coefficient (Wildman–Crippen LogP) is 2.40. The summed E-state index contributed by atoms with van der Waals surface area (Å²) in [5.41, 5.74) is 5.78. The molecule has 0 radical (unpaired) electrons. The monoisotopic (exact) mass is 346 g/mol. The predicted molar refractivity (Wildman–Crippen MR) is 100 cm³/mol. The van der Waals surface area contributed by atoms with Gasteiger partial charge in [-0.15, -0.1) is 0 Å². The number of hydrogen-bond acceptors (Lipinski definition) is 4. The summed E-state index contributed by atoms with van der Waals surface area (Å²) in [4.78, 5) is 24.9. The van der Waals surface area contributed by atoms with Gasteiger partial charge in [0.05, 0.1) is 11.1 Å². The van der Waals surface area contributed by atoms with Crippen molar-refractivity contribution >= 4 is 22.4 Å². The topological polar surface area (TPSA) is 76.3 Å². The Labute approximate surface area is 150 Å². The Kier molecular flexibility index (Phi) is 4.08. The number of amides is 1. The molecular formula is C20H18N4O2. The molecule has 26 heavy (non-hydrogen) atoms. The van der Waals surface area contributed by atoms with Gasteiger partial charge in [0.1, 0.15) is 0 Å². The average molecular weight is 346 g/mol. The smallest absolute Gasteiger partial charge is 0.267 e. The Morgan fingerprint density at radius 1 is 1.08 bits per heavy atom. The zero-order valence-corrected chi connectivity index (χ0v) is 14.4. The number of carbonyl (C=O) groups is 1. The van der Waals surface area contributed by atoms with Gasteiger partial charge in [-0.3, -0.25) is 9.59 Å². The summed E-state index contributed by atoms with van der Waals surface area (Å²) in [6.07, 6.45) is 2.85. The van der Waals surface area contributed by atoms with Crippen LogP contribution in [0, 0.1) is 0 Å². The molecule has 0 fully saturated rings. The molecule has 0 saturated carbocycles. The number of rotatable bonds is 2. The molecule has 1 amide bonds. The molecule has 1 heterocycles. The largest absolute Gasteiger partial charge is 0.292 e. The van der Waals surface area contributed by atoms with Crippen molar-refractivity contribution in [3.8, 4) is 0 Å². The van der Waals surface area contributed by atoms with E-state index in [1.165, 1.54) is 17.3 Å². The Morgan fingerprint density at radius 2 is 1.81 bits per heavy atom. The number of fused-ring (bicyclic) bond motifs is 2. The first-order chi connectivity index (χ1) is 12.6. The van der Waals surface area contributed by atoms with E-state index in [9.17, 15) is 9.59 Å². The molecule has 0 saturated heterocycles. The minimum Gasteiger partial charge on any atom is -0.267 e. The normalized spacial score (nSPS) is 15.0. The standard InChI is InChI=1S/C20H18N4O2/c1-24-20(26)16-11-5-4-10-15(16)18(23-24)19(25)22-21-17-12-6-8-13-7-2-3-9-14(13)17/h2-5,7,9-11H,6,8,12H2,1H3,(H,22,25)/b21-17-. The third-order valence-electron chi connectivity index (χ3n) is 4.65. The summed E-state index contributed by atoms with van der Waals surface area (Å²) < 4.78 is 1.18. The van der Waals surface area contributed by atoms with Crippen LogP contribution in [0.3, 0.4) is 0 Å². The lowest BCUT2D eigenvalue weighted by molar-refractivity contribution is 0.0949. The van der Waals surface area contributed by atoms with Gasteiger partial charge in [0.2, 0.25) is 0 Å². The number of nitrogens with zero attached hydrogens (tertiary/aromatic N) is 3. The number of hydrazone groups is 1. The fraction of sp³-hybridized carbons (Fsp3) is 0.200. The van der Waals surface area contributed by atoms with Gasteiger partial charge in [0, 0.05) is 18.0 Å². The van der Waals surface area contributed by atoms with Crippen molar-refractivity contribution in [1.29, 1.82) is 0 Å². The molecule has 1 aliphatic carbocycles. The lowest BCUT2D eigenvalue weighted by Gasteiger charge is -2.17. The maximum absolute atomic E-state index is 12.7. The van der Waals surface area contributed by atoms with Gasteiger partial charge >= 0.3 is 0 Å². The molecular weight excluding hydrogens is 328 g/mol. The maximum atomic E-state index is 12.7. The summed E-state index contributed by atoms with van der Waals surface area (Å²) in [6.45, 7) is 0. The van der Waals surface area contributed by atoms with Gasteiger partial charge < -0.3 is 0 Å². The fourth-order valence-corrected chi connectivity index (χ4v) is 3.36. The van der Waals surface area contributed by atoms with Gasteiger partial charge in [0.15, 0.2) is 5.69 Å². The molecule has 6 heteroatoms. The first-order valence-electron chi connectivity index (χ1n) is 8.56. The number of hydrogen-bond donors (Lipinski definition) is 1. The van der Waals surface area contributed by atoms with E-state index in [0.717, 1.165) is 30.5 Å². The van der Waals surface area contributed by atoms with Crippen molar-refractivity contribution in [2.24, 2.45) is 12.1 Å². The number of aryl methyl sites for hydroxylation is 2. The molecule has 130 valence electrons. The molecule has 1 aromatic heterocycles. The summed E-state index contributed by atoms with van der Waals surface area (Å²) >= 11 is 0. The molecule has 0 atom stereocenters. The number of carbonyl (C=O) groups excluding carboxylic acids is 1. The van der Waals surface area contributed by atoms with Gasteiger partial charge in [-0.1, -0.05) is 42.5 Å². The molecule has 0 unspecified atom stereocenters. The van der Waals surface area contributed by atoms with E-state index in [4.69, 9.17) is 0 Å². The number of benzene rings is 2. The minimum absolute atomic E-state index is 0.191. The zero-order valence-electron chi connectivity index (χ0n) is 14.4. The molecule has 0 aliphatic heterocycles. The van der Waals surface area contributed by atoms with Crippen LogP contribution in [0.1, 0.15) is 34.5 Å². The molecule has 2 aromatic carbocycles. The summed E-state index contributed by atoms with van der Waals surface area (Å²) in [6, 6.07) is 15.1. The summed E-state index contributed by atoms with van der Waals surface area (Å²) in [5, 5.41) is 9.47. The van der Waals surface area contributed by atoms with Crippen LogP contribution in [0.25, 0.3) is 10.8 Å². The van der Waals surface area contributed by atoms with Crippen molar-refractivity contribution in [3.63, 3.8) is 0 Å². The second-order valence-electron chi connectivity index (χ2n) is 6.33. The van der Waals surface area contributed by atoms with Crippen LogP contribution in [0.4, 0.5) is 0 Å². The lowest BCUT2D eigenvalue weighted by atomic mass is 9.90. The average Bonchev–Trinajstić information content (AvgIpc) is 2.69. The highest BCUT2D eigenvalue weighted by Crippen LogP contribution is 2.21. The Morgan fingerprint density at radius 3 is 2.65 bits per heavy atom. The zero-order chi connectivity index (χ0) is 18.1. The third-order valence-corrected chi connectivity index (χ3v) is 4.65. The second-order valence-corrected chi connectivity index (χ2v) is 6.33. The lowest BCUT2D eigenvalue weighted by Crippen LogP contribution is -2.28. The van der Waals surface area contributed by atoms with Crippen LogP contribution < -0.4 is 11.0 Å². The van der Waals surface area contributed by atoms with Crippen molar-refractivity contribution in [3.05, 3.63) is 75.7 Å². The fourth-order valence-electron chi connectivity index (χ4n) is 3.36. The quantitative estimate of drug-likeness (QED) is 0.724. The molecule has 3 aromatic rings. The van der Waals surface area contributed by atoms with E-state index in [0.29, 0.717) is 10.8 Å². The molecule has 6 nitrogen and oxygen atoms in total. The Hall–Kier alpha value is -3.28. The van der Waals surface area contributed by atoms with Gasteiger partial charge in [-0.25, -0.2) is 10.1 Å². The first-order valence-corrected chi connectivity index (χ1v) is 8.56. The third kappa shape index (κ3) is 2.79. The minimum atomic E-state index is -0.424. The highest BCUT2D eigenvalue weighted by molar-refractivity contribution is 6.07. The van der Waals surface area contributed by atoms with E-state index >= 15 is 0 Å². The number of aromatic nitrogens is 2. The number of nitrogens with one attached hydrogen (secondary N) is 1. The van der Waals surface area contributed by atoms with E-state index < -0.39 is 5.91 Å².